The summed E-state index contributed by atoms with van der Waals surface area (Å²) in [7, 11) is 0. The Kier molecular flexibility index (Phi) is 7.20. The minimum atomic E-state index is 0.248. The Hall–Kier alpha value is -0.0800. The van der Waals surface area contributed by atoms with Crippen LogP contribution in [0.5, 0.6) is 0 Å². The highest BCUT2D eigenvalue weighted by Gasteiger charge is 2.13. The third-order valence-electron chi connectivity index (χ3n) is 1.81. The van der Waals surface area contributed by atoms with Crippen molar-refractivity contribution >= 4 is 0 Å². The van der Waals surface area contributed by atoms with Gasteiger partial charge < -0.3 is 9.47 Å². The van der Waals surface area contributed by atoms with Crippen molar-refractivity contribution in [1.29, 1.82) is 0 Å². The molecule has 2 heteroatoms. The zero-order valence-corrected chi connectivity index (χ0v) is 10.5. The molecule has 0 aromatic carbocycles. The maximum absolute atomic E-state index is 5.79. The molecule has 0 fully saturated rings. The van der Waals surface area contributed by atoms with E-state index in [1.807, 2.05) is 0 Å². The minimum Gasteiger partial charge on any atom is -0.376 e. The Bertz CT molecular complexity index is 120. The van der Waals surface area contributed by atoms with Gasteiger partial charge in [-0.15, -0.1) is 0 Å². The molecular weight excluding hydrogens is 176 g/mol. The summed E-state index contributed by atoms with van der Waals surface area (Å²) in [5.74, 6) is 0.662. The van der Waals surface area contributed by atoms with Crippen LogP contribution in [0.1, 0.15) is 48.0 Å². The molecular formula is C12H26O2. The lowest BCUT2D eigenvalue weighted by atomic mass is 10.1. The van der Waals surface area contributed by atoms with Crippen LogP contribution in [0, 0.1) is 5.92 Å². The van der Waals surface area contributed by atoms with E-state index in [9.17, 15) is 0 Å². The second kappa shape index (κ2) is 7.24. The van der Waals surface area contributed by atoms with Gasteiger partial charge in [-0.25, -0.2) is 0 Å². The molecule has 0 rings (SSSR count). The molecule has 0 bridgehead atoms. The van der Waals surface area contributed by atoms with E-state index in [0.29, 0.717) is 18.6 Å². The van der Waals surface area contributed by atoms with Crippen LogP contribution in [0.2, 0.25) is 0 Å². The predicted molar refractivity (Wildman–Crippen MR) is 60.6 cm³/mol. The highest BCUT2D eigenvalue weighted by Crippen LogP contribution is 2.11. The van der Waals surface area contributed by atoms with Crippen molar-refractivity contribution in [1.82, 2.24) is 0 Å². The highest BCUT2D eigenvalue weighted by atomic mass is 16.5. The summed E-state index contributed by atoms with van der Waals surface area (Å²) in [4.78, 5) is 0. The number of rotatable bonds is 7. The molecule has 0 N–H and O–H groups in total. The average Bonchev–Trinajstić information content (AvgIpc) is 1.97. The Morgan fingerprint density at radius 3 is 1.79 bits per heavy atom. The van der Waals surface area contributed by atoms with Gasteiger partial charge in [0.2, 0.25) is 0 Å². The summed E-state index contributed by atoms with van der Waals surface area (Å²) >= 11 is 0. The minimum absolute atomic E-state index is 0.248. The van der Waals surface area contributed by atoms with Crippen LogP contribution in [-0.4, -0.2) is 24.9 Å². The molecule has 0 aromatic rings. The summed E-state index contributed by atoms with van der Waals surface area (Å²) in [6.07, 6.45) is 1.90. The van der Waals surface area contributed by atoms with Gasteiger partial charge in [0.15, 0.2) is 0 Å². The molecule has 0 aliphatic carbocycles. The first kappa shape index (κ1) is 13.9. The van der Waals surface area contributed by atoms with Gasteiger partial charge in [0.25, 0.3) is 0 Å². The van der Waals surface area contributed by atoms with Crippen molar-refractivity contribution in [3.8, 4) is 0 Å². The summed E-state index contributed by atoms with van der Waals surface area (Å²) < 4.78 is 11.4. The molecule has 0 aliphatic heterocycles. The number of hydrogen-bond donors (Lipinski definition) is 0. The Balaban J connectivity index is 3.84. The average molecular weight is 202 g/mol. The van der Waals surface area contributed by atoms with Crippen molar-refractivity contribution in [2.24, 2.45) is 5.92 Å². The Morgan fingerprint density at radius 1 is 0.857 bits per heavy atom. The summed E-state index contributed by atoms with van der Waals surface area (Å²) in [6.45, 7) is 13.4. The first-order chi connectivity index (χ1) is 6.41. The van der Waals surface area contributed by atoms with Crippen molar-refractivity contribution in [2.45, 2.75) is 66.3 Å². The fourth-order valence-corrected chi connectivity index (χ4v) is 1.37. The Morgan fingerprint density at radius 2 is 1.43 bits per heavy atom. The third-order valence-corrected chi connectivity index (χ3v) is 1.81. The first-order valence-electron chi connectivity index (χ1n) is 5.68. The Labute approximate surface area is 89.0 Å². The fourth-order valence-electron chi connectivity index (χ4n) is 1.37. The predicted octanol–water partition coefficient (Wildman–Crippen LogP) is 3.25. The normalized spacial score (nSPS) is 14.4. The van der Waals surface area contributed by atoms with Crippen LogP contribution >= 0.6 is 0 Å². The second-order valence-corrected chi connectivity index (χ2v) is 4.82. The van der Waals surface area contributed by atoms with Crippen LogP contribution in [0.25, 0.3) is 0 Å². The SMILES string of the molecule is CC(C)CC(COC(C)C)OC(C)C. The molecule has 1 atom stereocenters. The zero-order valence-electron chi connectivity index (χ0n) is 10.5. The van der Waals surface area contributed by atoms with E-state index in [1.165, 1.54) is 0 Å². The van der Waals surface area contributed by atoms with E-state index in [4.69, 9.17) is 9.47 Å². The topological polar surface area (TPSA) is 18.5 Å². The van der Waals surface area contributed by atoms with Gasteiger partial charge in [-0.3, -0.25) is 0 Å². The van der Waals surface area contributed by atoms with Gasteiger partial charge in [0.1, 0.15) is 0 Å². The van der Waals surface area contributed by atoms with Gasteiger partial charge >= 0.3 is 0 Å². The molecule has 0 spiro atoms. The molecule has 0 amide bonds. The molecule has 1 unspecified atom stereocenters. The smallest absolute Gasteiger partial charge is 0.0814 e. The van der Waals surface area contributed by atoms with Gasteiger partial charge in [-0.1, -0.05) is 13.8 Å². The van der Waals surface area contributed by atoms with Gasteiger partial charge in [-0.2, -0.15) is 0 Å². The number of ether oxygens (including phenoxy) is 2. The quantitative estimate of drug-likeness (QED) is 0.631. The lowest BCUT2D eigenvalue weighted by Gasteiger charge is -2.23. The van der Waals surface area contributed by atoms with Gasteiger partial charge in [-0.05, 0) is 40.0 Å². The molecule has 0 saturated carbocycles. The van der Waals surface area contributed by atoms with Gasteiger partial charge in [0.05, 0.1) is 24.9 Å². The monoisotopic (exact) mass is 202 g/mol. The second-order valence-electron chi connectivity index (χ2n) is 4.82. The van der Waals surface area contributed by atoms with Gasteiger partial charge in [0, 0.05) is 0 Å². The van der Waals surface area contributed by atoms with Crippen LogP contribution in [0.15, 0.2) is 0 Å². The van der Waals surface area contributed by atoms with Crippen LogP contribution in [0.3, 0.4) is 0 Å². The van der Waals surface area contributed by atoms with E-state index in [0.717, 1.165) is 6.42 Å². The van der Waals surface area contributed by atoms with Crippen LogP contribution in [-0.2, 0) is 9.47 Å². The van der Waals surface area contributed by atoms with E-state index < -0.39 is 0 Å². The molecule has 0 heterocycles. The number of hydrogen-bond acceptors (Lipinski definition) is 2. The highest BCUT2D eigenvalue weighted by molar-refractivity contribution is 4.62. The molecule has 0 aliphatic rings. The third kappa shape index (κ3) is 8.52. The lowest BCUT2D eigenvalue weighted by Crippen LogP contribution is -2.26. The molecule has 86 valence electrons. The van der Waals surface area contributed by atoms with E-state index >= 15 is 0 Å². The van der Waals surface area contributed by atoms with Crippen molar-refractivity contribution < 1.29 is 9.47 Å². The summed E-state index contributed by atoms with van der Waals surface area (Å²) in [6, 6.07) is 0. The maximum Gasteiger partial charge on any atom is 0.0814 e. The van der Waals surface area contributed by atoms with E-state index in [2.05, 4.69) is 41.5 Å². The standard InChI is InChI=1S/C12H26O2/c1-9(2)7-12(14-11(5)6)8-13-10(3)4/h9-12H,7-8H2,1-6H3. The molecule has 2 nitrogen and oxygen atoms in total. The van der Waals surface area contributed by atoms with Crippen molar-refractivity contribution in [3.05, 3.63) is 0 Å². The van der Waals surface area contributed by atoms with Crippen molar-refractivity contribution in [2.75, 3.05) is 6.61 Å². The van der Waals surface area contributed by atoms with E-state index in [1.54, 1.807) is 0 Å². The summed E-state index contributed by atoms with van der Waals surface area (Å²) in [5.41, 5.74) is 0. The largest absolute Gasteiger partial charge is 0.376 e. The summed E-state index contributed by atoms with van der Waals surface area (Å²) in [5, 5.41) is 0. The fraction of sp³-hybridized carbons (Fsp3) is 1.00. The molecule has 0 aromatic heterocycles. The van der Waals surface area contributed by atoms with E-state index in [-0.39, 0.29) is 12.2 Å². The first-order valence-corrected chi connectivity index (χ1v) is 5.68. The van der Waals surface area contributed by atoms with Crippen molar-refractivity contribution in [3.63, 3.8) is 0 Å². The molecule has 0 saturated heterocycles. The lowest BCUT2D eigenvalue weighted by molar-refractivity contribution is -0.0657. The van der Waals surface area contributed by atoms with Crippen LogP contribution in [0.4, 0.5) is 0 Å². The maximum atomic E-state index is 5.79. The molecule has 0 radical (unpaired) electrons. The zero-order chi connectivity index (χ0) is 11.1. The molecule has 14 heavy (non-hydrogen) atoms. The van der Waals surface area contributed by atoms with Crippen LogP contribution < -0.4 is 0 Å².